The molecule has 0 aliphatic heterocycles. The lowest BCUT2D eigenvalue weighted by Gasteiger charge is -2.11. The summed E-state index contributed by atoms with van der Waals surface area (Å²) in [5.41, 5.74) is 0. The van der Waals surface area contributed by atoms with Crippen molar-refractivity contribution in [1.29, 1.82) is 0 Å². The lowest BCUT2D eigenvalue weighted by molar-refractivity contribution is 0.252. The molecule has 0 fully saturated rings. The minimum atomic E-state index is 0. The van der Waals surface area contributed by atoms with Crippen LogP contribution in [0.1, 0.15) is 13.3 Å². The highest BCUT2D eigenvalue weighted by molar-refractivity contribution is 5.85. The zero-order valence-corrected chi connectivity index (χ0v) is 6.95. The standard InChI is InChI=1S/C6H15NO.ClH/c1-3-7(2)5-4-6-8;/h8H,3-6H2,1-2H3;1H. The Bertz CT molecular complexity index is 52.3. The van der Waals surface area contributed by atoms with Crippen molar-refractivity contribution >= 4 is 12.4 Å². The van der Waals surface area contributed by atoms with E-state index < -0.39 is 0 Å². The van der Waals surface area contributed by atoms with Crippen LogP contribution in [-0.2, 0) is 0 Å². The maximum absolute atomic E-state index is 8.38. The quantitative estimate of drug-likeness (QED) is 0.644. The molecule has 0 radical (unpaired) electrons. The van der Waals surface area contributed by atoms with Gasteiger partial charge in [-0.05, 0) is 26.6 Å². The van der Waals surface area contributed by atoms with E-state index in [1.54, 1.807) is 0 Å². The molecule has 0 rings (SSSR count). The molecule has 0 atom stereocenters. The predicted octanol–water partition coefficient (Wildman–Crippen LogP) is 0.742. The summed E-state index contributed by atoms with van der Waals surface area (Å²) in [5, 5.41) is 8.38. The van der Waals surface area contributed by atoms with Crippen molar-refractivity contribution in [3.8, 4) is 0 Å². The van der Waals surface area contributed by atoms with Crippen molar-refractivity contribution in [2.75, 3.05) is 26.7 Å². The van der Waals surface area contributed by atoms with Crippen LogP contribution in [0.2, 0.25) is 0 Å². The van der Waals surface area contributed by atoms with E-state index in [9.17, 15) is 0 Å². The second-order valence-corrected chi connectivity index (χ2v) is 1.97. The maximum Gasteiger partial charge on any atom is 0.0443 e. The Hall–Kier alpha value is 0.210. The third kappa shape index (κ3) is 8.21. The lowest BCUT2D eigenvalue weighted by Crippen LogP contribution is -2.19. The topological polar surface area (TPSA) is 23.5 Å². The van der Waals surface area contributed by atoms with E-state index in [0.717, 1.165) is 19.5 Å². The van der Waals surface area contributed by atoms with Gasteiger partial charge in [-0.25, -0.2) is 0 Å². The average molecular weight is 154 g/mol. The van der Waals surface area contributed by atoms with Crippen molar-refractivity contribution in [1.82, 2.24) is 4.90 Å². The van der Waals surface area contributed by atoms with Gasteiger partial charge in [0.05, 0.1) is 0 Å². The molecule has 0 aliphatic carbocycles. The van der Waals surface area contributed by atoms with Crippen LogP contribution in [0.15, 0.2) is 0 Å². The summed E-state index contributed by atoms with van der Waals surface area (Å²) in [4.78, 5) is 2.18. The van der Waals surface area contributed by atoms with Crippen LogP contribution in [0.5, 0.6) is 0 Å². The second kappa shape index (κ2) is 8.21. The van der Waals surface area contributed by atoms with E-state index in [1.807, 2.05) is 0 Å². The molecule has 1 N–H and O–H groups in total. The van der Waals surface area contributed by atoms with E-state index in [0.29, 0.717) is 6.61 Å². The largest absolute Gasteiger partial charge is 0.396 e. The fourth-order valence-corrected chi connectivity index (χ4v) is 0.499. The maximum atomic E-state index is 8.38. The molecular weight excluding hydrogens is 138 g/mol. The lowest BCUT2D eigenvalue weighted by atomic mass is 10.4. The molecule has 0 aromatic carbocycles. The van der Waals surface area contributed by atoms with Gasteiger partial charge >= 0.3 is 0 Å². The minimum Gasteiger partial charge on any atom is -0.396 e. The Morgan fingerprint density at radius 3 is 2.33 bits per heavy atom. The van der Waals surface area contributed by atoms with Gasteiger partial charge in [0, 0.05) is 6.61 Å². The third-order valence-corrected chi connectivity index (χ3v) is 1.24. The second-order valence-electron chi connectivity index (χ2n) is 1.97. The van der Waals surface area contributed by atoms with Crippen LogP contribution in [0.4, 0.5) is 0 Å². The van der Waals surface area contributed by atoms with E-state index in [-0.39, 0.29) is 12.4 Å². The van der Waals surface area contributed by atoms with Gasteiger partial charge in [-0.2, -0.15) is 0 Å². The highest BCUT2D eigenvalue weighted by atomic mass is 35.5. The fourth-order valence-electron chi connectivity index (χ4n) is 0.499. The smallest absolute Gasteiger partial charge is 0.0443 e. The molecule has 0 spiro atoms. The molecule has 0 aromatic heterocycles. The third-order valence-electron chi connectivity index (χ3n) is 1.24. The number of nitrogens with zero attached hydrogens (tertiary/aromatic N) is 1. The van der Waals surface area contributed by atoms with Crippen molar-refractivity contribution in [2.45, 2.75) is 13.3 Å². The van der Waals surface area contributed by atoms with Crippen LogP contribution in [0.25, 0.3) is 0 Å². The molecule has 9 heavy (non-hydrogen) atoms. The van der Waals surface area contributed by atoms with Gasteiger partial charge in [-0.3, -0.25) is 0 Å². The number of hydrogen-bond acceptors (Lipinski definition) is 2. The summed E-state index contributed by atoms with van der Waals surface area (Å²) < 4.78 is 0. The van der Waals surface area contributed by atoms with Gasteiger partial charge in [0.1, 0.15) is 0 Å². The highest BCUT2D eigenvalue weighted by Crippen LogP contribution is 1.83. The summed E-state index contributed by atoms with van der Waals surface area (Å²) >= 11 is 0. The average Bonchev–Trinajstić information content (AvgIpc) is 1.83. The van der Waals surface area contributed by atoms with E-state index in [2.05, 4.69) is 18.9 Å². The molecule has 0 saturated carbocycles. The fraction of sp³-hybridized carbons (Fsp3) is 1.00. The van der Waals surface area contributed by atoms with E-state index in [4.69, 9.17) is 5.11 Å². The summed E-state index contributed by atoms with van der Waals surface area (Å²) in [5.74, 6) is 0. The Labute approximate surface area is 63.3 Å². The molecule has 0 aliphatic rings. The van der Waals surface area contributed by atoms with Gasteiger partial charge in [0.25, 0.3) is 0 Å². The van der Waals surface area contributed by atoms with Crippen molar-refractivity contribution in [3.63, 3.8) is 0 Å². The zero-order chi connectivity index (χ0) is 6.41. The van der Waals surface area contributed by atoms with Crippen LogP contribution < -0.4 is 0 Å². The molecule has 58 valence electrons. The zero-order valence-electron chi connectivity index (χ0n) is 6.13. The SMILES string of the molecule is CCN(C)CCCO.Cl. The molecule has 0 aromatic rings. The first-order valence-corrected chi connectivity index (χ1v) is 3.10. The summed E-state index contributed by atoms with van der Waals surface area (Å²) in [6.45, 7) is 4.49. The molecule has 0 heterocycles. The monoisotopic (exact) mass is 153 g/mol. The van der Waals surface area contributed by atoms with Gasteiger partial charge < -0.3 is 10.0 Å². The number of hydrogen-bond donors (Lipinski definition) is 1. The van der Waals surface area contributed by atoms with Gasteiger partial charge in [-0.15, -0.1) is 12.4 Å². The molecule has 0 amide bonds. The molecule has 0 saturated heterocycles. The Morgan fingerprint density at radius 1 is 1.44 bits per heavy atom. The summed E-state index contributed by atoms with van der Waals surface area (Å²) in [7, 11) is 2.05. The number of rotatable bonds is 4. The molecular formula is C6H16ClNO. The predicted molar refractivity (Wildman–Crippen MR) is 42.1 cm³/mol. The first kappa shape index (κ1) is 11.9. The van der Waals surface area contributed by atoms with E-state index in [1.165, 1.54) is 0 Å². The Balaban J connectivity index is 0. The Kier molecular flexibility index (Phi) is 10.9. The van der Waals surface area contributed by atoms with Crippen LogP contribution in [0.3, 0.4) is 0 Å². The number of halogens is 1. The van der Waals surface area contributed by atoms with Crippen LogP contribution in [0, 0.1) is 0 Å². The first-order valence-electron chi connectivity index (χ1n) is 3.10. The summed E-state index contributed by atoms with van der Waals surface area (Å²) in [6, 6.07) is 0. The van der Waals surface area contributed by atoms with E-state index >= 15 is 0 Å². The van der Waals surface area contributed by atoms with Crippen molar-refractivity contribution in [2.24, 2.45) is 0 Å². The van der Waals surface area contributed by atoms with Crippen molar-refractivity contribution < 1.29 is 5.11 Å². The van der Waals surface area contributed by atoms with Crippen molar-refractivity contribution in [3.05, 3.63) is 0 Å². The highest BCUT2D eigenvalue weighted by Gasteiger charge is 1.89. The first-order chi connectivity index (χ1) is 3.81. The summed E-state index contributed by atoms with van der Waals surface area (Å²) in [6.07, 6.45) is 0.893. The van der Waals surface area contributed by atoms with Gasteiger partial charge in [0.2, 0.25) is 0 Å². The van der Waals surface area contributed by atoms with Gasteiger partial charge in [0.15, 0.2) is 0 Å². The minimum absolute atomic E-state index is 0. The molecule has 0 bridgehead atoms. The van der Waals surface area contributed by atoms with Gasteiger partial charge in [-0.1, -0.05) is 6.92 Å². The molecule has 0 unspecified atom stereocenters. The molecule has 2 nitrogen and oxygen atoms in total. The normalized spacial score (nSPS) is 9.33. The van der Waals surface area contributed by atoms with Crippen LogP contribution >= 0.6 is 12.4 Å². The van der Waals surface area contributed by atoms with Crippen LogP contribution in [-0.4, -0.2) is 36.8 Å². The molecule has 3 heteroatoms. The Morgan fingerprint density at radius 2 is 2.00 bits per heavy atom. The number of aliphatic hydroxyl groups excluding tert-OH is 1. The number of aliphatic hydroxyl groups is 1.